The van der Waals surface area contributed by atoms with Crippen molar-refractivity contribution in [3.05, 3.63) is 5.89 Å². The van der Waals surface area contributed by atoms with Crippen molar-refractivity contribution in [2.75, 3.05) is 37.7 Å². The maximum Gasteiger partial charge on any atom is 0.318 e. The molecule has 0 bridgehead atoms. The number of hydrogen-bond donors (Lipinski definition) is 1. The maximum absolute atomic E-state index is 5.43. The minimum atomic E-state index is 0.532. The summed E-state index contributed by atoms with van der Waals surface area (Å²) in [7, 11) is 0. The summed E-state index contributed by atoms with van der Waals surface area (Å²) in [5, 5.41) is 7.86. The number of nitrogens with zero attached hydrogens (tertiary/aromatic N) is 3. The second-order valence-corrected chi connectivity index (χ2v) is 3.12. The molecular weight excluding hydrogens is 184 g/mol. The van der Waals surface area contributed by atoms with Crippen molar-refractivity contribution in [3.63, 3.8) is 0 Å². The number of nitrogens with two attached hydrogens (primary N) is 1. The molecule has 0 radical (unpaired) electrons. The van der Waals surface area contributed by atoms with Crippen LogP contribution < -0.4 is 10.6 Å². The zero-order valence-electron chi connectivity index (χ0n) is 7.98. The third-order valence-electron chi connectivity index (χ3n) is 2.10. The smallest absolute Gasteiger partial charge is 0.318 e. The molecule has 0 unspecified atom stereocenters. The minimum Gasteiger partial charge on any atom is -0.408 e. The van der Waals surface area contributed by atoms with Crippen LogP contribution in [0.15, 0.2) is 4.42 Å². The predicted molar refractivity (Wildman–Crippen MR) is 50.1 cm³/mol. The van der Waals surface area contributed by atoms with Crippen LogP contribution in [0.25, 0.3) is 0 Å². The highest BCUT2D eigenvalue weighted by Crippen LogP contribution is 2.13. The Morgan fingerprint density at radius 1 is 1.29 bits per heavy atom. The summed E-state index contributed by atoms with van der Waals surface area (Å²) >= 11 is 0. The maximum atomic E-state index is 5.43. The highest BCUT2D eigenvalue weighted by molar-refractivity contribution is 5.24. The molecule has 2 heterocycles. The van der Waals surface area contributed by atoms with E-state index in [4.69, 9.17) is 14.9 Å². The van der Waals surface area contributed by atoms with Crippen LogP contribution in [0.5, 0.6) is 0 Å². The van der Waals surface area contributed by atoms with E-state index in [0.717, 1.165) is 13.1 Å². The molecule has 6 nitrogen and oxygen atoms in total. The van der Waals surface area contributed by atoms with E-state index in [1.807, 2.05) is 4.90 Å². The van der Waals surface area contributed by atoms with Crippen LogP contribution in [0.1, 0.15) is 5.89 Å². The van der Waals surface area contributed by atoms with Gasteiger partial charge in [-0.25, -0.2) is 0 Å². The molecule has 78 valence electrons. The van der Waals surface area contributed by atoms with E-state index >= 15 is 0 Å². The lowest BCUT2D eigenvalue weighted by molar-refractivity contribution is 0.120. The first-order valence-electron chi connectivity index (χ1n) is 4.75. The molecular formula is C8H14N4O2. The Bertz CT molecular complexity index is 283. The topological polar surface area (TPSA) is 77.4 Å². The average molecular weight is 198 g/mol. The number of ether oxygens (including phenoxy) is 1. The van der Waals surface area contributed by atoms with E-state index in [2.05, 4.69) is 10.2 Å². The van der Waals surface area contributed by atoms with Crippen molar-refractivity contribution in [3.8, 4) is 0 Å². The van der Waals surface area contributed by atoms with E-state index in [1.54, 1.807) is 0 Å². The summed E-state index contributed by atoms with van der Waals surface area (Å²) in [5.74, 6) is 0.606. The number of anilines is 1. The standard InChI is InChI=1S/C8H14N4O2/c9-2-1-7-10-11-8(14-7)12-3-5-13-6-4-12/h1-6,9H2. The zero-order valence-corrected chi connectivity index (χ0v) is 7.98. The molecule has 0 aromatic carbocycles. The summed E-state index contributed by atoms with van der Waals surface area (Å²) in [5.41, 5.74) is 5.39. The van der Waals surface area contributed by atoms with Gasteiger partial charge in [-0.1, -0.05) is 5.10 Å². The van der Waals surface area contributed by atoms with Crippen LogP contribution in [0.4, 0.5) is 6.01 Å². The van der Waals surface area contributed by atoms with E-state index in [1.165, 1.54) is 0 Å². The average Bonchev–Trinajstić information content (AvgIpc) is 2.68. The van der Waals surface area contributed by atoms with Gasteiger partial charge in [0.1, 0.15) is 0 Å². The fourth-order valence-electron chi connectivity index (χ4n) is 1.35. The number of morpholine rings is 1. The Labute approximate surface area is 82.0 Å². The van der Waals surface area contributed by atoms with Gasteiger partial charge in [0, 0.05) is 26.1 Å². The second kappa shape index (κ2) is 4.39. The predicted octanol–water partition coefficient (Wildman–Crippen LogP) is -0.593. The molecule has 1 fully saturated rings. The Morgan fingerprint density at radius 3 is 2.79 bits per heavy atom. The molecule has 0 spiro atoms. The Balaban J connectivity index is 2.00. The van der Waals surface area contributed by atoms with Crippen LogP contribution in [0.3, 0.4) is 0 Å². The lowest BCUT2D eigenvalue weighted by Gasteiger charge is -2.24. The molecule has 0 saturated carbocycles. The summed E-state index contributed by atoms with van der Waals surface area (Å²) < 4.78 is 10.7. The van der Waals surface area contributed by atoms with Gasteiger partial charge < -0.3 is 19.8 Å². The Hall–Kier alpha value is -1.14. The number of aromatic nitrogens is 2. The molecule has 0 aliphatic carbocycles. The van der Waals surface area contributed by atoms with E-state index in [0.29, 0.717) is 38.1 Å². The van der Waals surface area contributed by atoms with Crippen molar-refractivity contribution < 1.29 is 9.15 Å². The van der Waals surface area contributed by atoms with E-state index in [-0.39, 0.29) is 0 Å². The van der Waals surface area contributed by atoms with Gasteiger partial charge in [0.05, 0.1) is 13.2 Å². The monoisotopic (exact) mass is 198 g/mol. The van der Waals surface area contributed by atoms with Gasteiger partial charge in [-0.05, 0) is 0 Å². The molecule has 1 aliphatic rings. The first-order chi connectivity index (χ1) is 6.90. The van der Waals surface area contributed by atoms with E-state index in [9.17, 15) is 0 Å². The van der Waals surface area contributed by atoms with Gasteiger partial charge in [0.25, 0.3) is 0 Å². The highest BCUT2D eigenvalue weighted by atomic mass is 16.5. The highest BCUT2D eigenvalue weighted by Gasteiger charge is 2.16. The van der Waals surface area contributed by atoms with Gasteiger partial charge >= 0.3 is 6.01 Å². The zero-order chi connectivity index (χ0) is 9.80. The normalized spacial score (nSPS) is 17.4. The quantitative estimate of drug-likeness (QED) is 0.699. The minimum absolute atomic E-state index is 0.532. The van der Waals surface area contributed by atoms with Gasteiger partial charge in [0.15, 0.2) is 0 Å². The number of hydrogen-bond acceptors (Lipinski definition) is 6. The third-order valence-corrected chi connectivity index (χ3v) is 2.10. The van der Waals surface area contributed by atoms with E-state index < -0.39 is 0 Å². The van der Waals surface area contributed by atoms with Crippen molar-refractivity contribution >= 4 is 6.01 Å². The van der Waals surface area contributed by atoms with Crippen LogP contribution in [0, 0.1) is 0 Å². The molecule has 14 heavy (non-hydrogen) atoms. The third kappa shape index (κ3) is 2.02. The Morgan fingerprint density at radius 2 is 2.07 bits per heavy atom. The second-order valence-electron chi connectivity index (χ2n) is 3.12. The fraction of sp³-hybridized carbons (Fsp3) is 0.750. The molecule has 1 aromatic heterocycles. The lowest BCUT2D eigenvalue weighted by atomic mass is 10.4. The summed E-state index contributed by atoms with van der Waals surface area (Å²) in [4.78, 5) is 2.02. The van der Waals surface area contributed by atoms with Crippen molar-refractivity contribution in [1.29, 1.82) is 0 Å². The molecule has 0 atom stereocenters. The first-order valence-corrected chi connectivity index (χ1v) is 4.75. The van der Waals surface area contributed by atoms with Crippen molar-refractivity contribution in [1.82, 2.24) is 10.2 Å². The summed E-state index contributed by atoms with van der Waals surface area (Å²) in [6, 6.07) is 0.580. The summed E-state index contributed by atoms with van der Waals surface area (Å²) in [6.07, 6.45) is 0.636. The summed E-state index contributed by atoms with van der Waals surface area (Å²) in [6.45, 7) is 3.59. The van der Waals surface area contributed by atoms with Crippen molar-refractivity contribution in [2.45, 2.75) is 6.42 Å². The molecule has 0 amide bonds. The van der Waals surface area contributed by atoms with Gasteiger partial charge in [-0.3, -0.25) is 0 Å². The van der Waals surface area contributed by atoms with Crippen LogP contribution >= 0.6 is 0 Å². The largest absolute Gasteiger partial charge is 0.408 e. The van der Waals surface area contributed by atoms with Gasteiger partial charge in [0.2, 0.25) is 5.89 Å². The molecule has 6 heteroatoms. The molecule has 2 N–H and O–H groups in total. The SMILES string of the molecule is NCCc1nnc(N2CCOCC2)o1. The molecule has 2 rings (SSSR count). The Kier molecular flexibility index (Phi) is 2.95. The lowest BCUT2D eigenvalue weighted by Crippen LogP contribution is -2.36. The fourth-order valence-corrected chi connectivity index (χ4v) is 1.35. The molecule has 1 aromatic rings. The number of rotatable bonds is 3. The van der Waals surface area contributed by atoms with Crippen LogP contribution in [-0.2, 0) is 11.2 Å². The molecule has 1 aliphatic heterocycles. The molecule has 1 saturated heterocycles. The van der Waals surface area contributed by atoms with Crippen LogP contribution in [0.2, 0.25) is 0 Å². The first kappa shape index (κ1) is 9.42. The van der Waals surface area contributed by atoms with Crippen LogP contribution in [-0.4, -0.2) is 43.0 Å². The van der Waals surface area contributed by atoms with Gasteiger partial charge in [-0.2, -0.15) is 0 Å². The van der Waals surface area contributed by atoms with Gasteiger partial charge in [-0.15, -0.1) is 5.10 Å². The van der Waals surface area contributed by atoms with Crippen molar-refractivity contribution in [2.24, 2.45) is 5.73 Å².